The third-order valence-corrected chi connectivity index (χ3v) is 6.59. The van der Waals surface area contributed by atoms with Crippen molar-refractivity contribution in [2.24, 2.45) is 0 Å². The molecule has 0 aromatic heterocycles. The van der Waals surface area contributed by atoms with Gasteiger partial charge in [0.05, 0.1) is 19.8 Å². The Hall–Kier alpha value is -2.72. The van der Waals surface area contributed by atoms with Crippen molar-refractivity contribution in [2.75, 3.05) is 19.8 Å². The number of benzene rings is 2. The Labute approximate surface area is 183 Å². The molecule has 2 saturated heterocycles. The van der Waals surface area contributed by atoms with Crippen LogP contribution in [0.15, 0.2) is 85.0 Å². The summed E-state index contributed by atoms with van der Waals surface area (Å²) >= 11 is 0. The van der Waals surface area contributed by atoms with Crippen molar-refractivity contribution in [1.82, 2.24) is 0 Å². The van der Waals surface area contributed by atoms with Gasteiger partial charge in [0.25, 0.3) is 0 Å². The molecule has 2 aliphatic carbocycles. The van der Waals surface area contributed by atoms with Gasteiger partial charge >= 0.3 is 0 Å². The van der Waals surface area contributed by atoms with E-state index in [4.69, 9.17) is 14.2 Å². The molecular weight excluding hydrogens is 384 g/mol. The highest BCUT2D eigenvalue weighted by atomic mass is 16.6. The molecule has 3 atom stereocenters. The van der Waals surface area contributed by atoms with Gasteiger partial charge in [-0.2, -0.15) is 0 Å². The fourth-order valence-corrected chi connectivity index (χ4v) is 4.59. The lowest BCUT2D eigenvalue weighted by Gasteiger charge is -2.15. The maximum atomic E-state index is 6.39. The molecule has 156 valence electrons. The molecule has 4 aliphatic rings. The average molecular weight is 411 g/mol. The van der Waals surface area contributed by atoms with Gasteiger partial charge in [-0.3, -0.25) is 0 Å². The van der Waals surface area contributed by atoms with Gasteiger partial charge in [-0.05, 0) is 46.2 Å². The maximum Gasteiger partial charge on any atom is 0.147 e. The molecule has 2 fully saturated rings. The van der Waals surface area contributed by atoms with Crippen molar-refractivity contribution in [3.63, 3.8) is 0 Å². The Morgan fingerprint density at radius 2 is 1.45 bits per heavy atom. The number of hydrogen-bond acceptors (Lipinski definition) is 3. The third-order valence-electron chi connectivity index (χ3n) is 6.59. The minimum absolute atomic E-state index is 0.00978. The van der Waals surface area contributed by atoms with Crippen LogP contribution in [0.1, 0.15) is 41.2 Å². The number of rotatable bonds is 8. The summed E-state index contributed by atoms with van der Waals surface area (Å²) in [5.41, 5.74) is 7.24. The first-order valence-corrected chi connectivity index (χ1v) is 11.1. The lowest BCUT2D eigenvalue weighted by atomic mass is 9.90. The SMILES string of the molecule is C1=CCC(c2ccc(C3OC3(COCC3CO3)c3ccc(C4=CC=CC4)cc3)cc2)=C1. The summed E-state index contributed by atoms with van der Waals surface area (Å²) < 4.78 is 17.7. The quantitative estimate of drug-likeness (QED) is 0.519. The van der Waals surface area contributed by atoms with Crippen LogP contribution in [-0.4, -0.2) is 25.9 Å². The third kappa shape index (κ3) is 3.74. The van der Waals surface area contributed by atoms with Crippen molar-refractivity contribution in [2.45, 2.75) is 30.7 Å². The Bertz CT molecular complexity index is 1080. The summed E-state index contributed by atoms with van der Waals surface area (Å²) in [5, 5.41) is 0. The lowest BCUT2D eigenvalue weighted by molar-refractivity contribution is 0.0671. The fraction of sp³-hybridized carbons (Fsp3) is 0.286. The van der Waals surface area contributed by atoms with E-state index in [0.29, 0.717) is 13.2 Å². The summed E-state index contributed by atoms with van der Waals surface area (Å²) in [5.74, 6) is 0. The maximum absolute atomic E-state index is 6.39. The van der Waals surface area contributed by atoms with Crippen LogP contribution >= 0.6 is 0 Å². The fourth-order valence-electron chi connectivity index (χ4n) is 4.59. The number of epoxide rings is 2. The molecule has 3 heteroatoms. The first-order chi connectivity index (χ1) is 15.3. The standard InChI is InChI=1S/C28H26O3/c1-2-6-20(5-1)22-9-11-24(12-10-22)27-28(31-27,19-29-17-26-18-30-26)25-15-13-23(14-16-25)21-7-3-4-8-21/h1-5,7,9-16,26-27H,6,8,17-19H2. The number of hydrogen-bond donors (Lipinski definition) is 0. The van der Waals surface area contributed by atoms with Crippen molar-refractivity contribution >= 4 is 11.1 Å². The van der Waals surface area contributed by atoms with E-state index >= 15 is 0 Å². The van der Waals surface area contributed by atoms with E-state index in [2.05, 4.69) is 85.0 Å². The zero-order valence-corrected chi connectivity index (χ0v) is 17.5. The molecule has 2 heterocycles. The minimum Gasteiger partial charge on any atom is -0.375 e. The van der Waals surface area contributed by atoms with Crippen molar-refractivity contribution in [1.29, 1.82) is 0 Å². The Morgan fingerprint density at radius 1 is 0.839 bits per heavy atom. The second kappa shape index (κ2) is 7.76. The summed E-state index contributed by atoms with van der Waals surface area (Å²) in [6.45, 7) is 1.98. The molecule has 31 heavy (non-hydrogen) atoms. The van der Waals surface area contributed by atoms with E-state index in [1.165, 1.54) is 33.4 Å². The lowest BCUT2D eigenvalue weighted by Crippen LogP contribution is -2.20. The summed E-state index contributed by atoms with van der Waals surface area (Å²) in [4.78, 5) is 0. The predicted molar refractivity (Wildman–Crippen MR) is 122 cm³/mol. The highest BCUT2D eigenvalue weighted by molar-refractivity contribution is 5.72. The monoisotopic (exact) mass is 410 g/mol. The summed E-state index contributed by atoms with van der Waals surface area (Å²) in [7, 11) is 0. The first-order valence-electron chi connectivity index (χ1n) is 11.1. The van der Waals surface area contributed by atoms with Gasteiger partial charge in [0, 0.05) is 0 Å². The molecule has 0 N–H and O–H groups in total. The second-order valence-electron chi connectivity index (χ2n) is 8.71. The highest BCUT2D eigenvalue weighted by Gasteiger charge is 2.59. The summed E-state index contributed by atoms with van der Waals surface area (Å²) in [6.07, 6.45) is 15.3. The van der Waals surface area contributed by atoms with E-state index in [1.807, 2.05) is 0 Å². The van der Waals surface area contributed by atoms with Crippen LogP contribution in [0.5, 0.6) is 0 Å². The molecule has 3 unspecified atom stereocenters. The van der Waals surface area contributed by atoms with E-state index < -0.39 is 5.60 Å². The van der Waals surface area contributed by atoms with Crippen LogP contribution in [0.2, 0.25) is 0 Å². The van der Waals surface area contributed by atoms with Crippen LogP contribution in [-0.2, 0) is 19.8 Å². The zero-order chi connectivity index (χ0) is 20.7. The van der Waals surface area contributed by atoms with Crippen LogP contribution in [0.4, 0.5) is 0 Å². The van der Waals surface area contributed by atoms with Crippen LogP contribution < -0.4 is 0 Å². The van der Waals surface area contributed by atoms with Crippen LogP contribution in [0.25, 0.3) is 11.1 Å². The van der Waals surface area contributed by atoms with E-state index in [0.717, 1.165) is 19.4 Å². The van der Waals surface area contributed by atoms with Gasteiger partial charge < -0.3 is 14.2 Å². The van der Waals surface area contributed by atoms with Crippen LogP contribution in [0, 0.1) is 0 Å². The van der Waals surface area contributed by atoms with E-state index in [9.17, 15) is 0 Å². The Kier molecular flexibility index (Phi) is 4.76. The molecule has 0 saturated carbocycles. The highest BCUT2D eigenvalue weighted by Crippen LogP contribution is 2.57. The molecule has 2 aliphatic heterocycles. The van der Waals surface area contributed by atoms with Gasteiger partial charge in [0.1, 0.15) is 17.8 Å². The van der Waals surface area contributed by atoms with Crippen molar-refractivity contribution < 1.29 is 14.2 Å². The minimum atomic E-state index is -0.425. The first kappa shape index (κ1) is 19.0. The summed E-state index contributed by atoms with van der Waals surface area (Å²) in [6, 6.07) is 17.7. The van der Waals surface area contributed by atoms with Crippen molar-refractivity contribution in [3.8, 4) is 0 Å². The van der Waals surface area contributed by atoms with E-state index in [-0.39, 0.29) is 12.2 Å². The normalized spacial score (nSPS) is 28.0. The Balaban J connectivity index is 1.23. The van der Waals surface area contributed by atoms with Gasteiger partial charge in [0.2, 0.25) is 0 Å². The second-order valence-corrected chi connectivity index (χ2v) is 8.71. The van der Waals surface area contributed by atoms with Gasteiger partial charge in [-0.1, -0.05) is 85.0 Å². The topological polar surface area (TPSA) is 34.3 Å². The number of ether oxygens (including phenoxy) is 3. The molecule has 0 bridgehead atoms. The van der Waals surface area contributed by atoms with Gasteiger partial charge in [-0.15, -0.1) is 0 Å². The average Bonchev–Trinajstić information content (AvgIpc) is 3.61. The van der Waals surface area contributed by atoms with Crippen molar-refractivity contribution in [3.05, 3.63) is 107 Å². The number of allylic oxidation sites excluding steroid dienone is 8. The molecule has 0 spiro atoms. The molecule has 6 rings (SSSR count). The van der Waals surface area contributed by atoms with E-state index in [1.54, 1.807) is 0 Å². The molecule has 2 aromatic rings. The van der Waals surface area contributed by atoms with Gasteiger partial charge in [-0.25, -0.2) is 0 Å². The molecule has 2 aromatic carbocycles. The zero-order valence-electron chi connectivity index (χ0n) is 17.5. The molecule has 3 nitrogen and oxygen atoms in total. The largest absolute Gasteiger partial charge is 0.375 e. The predicted octanol–water partition coefficient (Wildman–Crippen LogP) is 5.76. The smallest absolute Gasteiger partial charge is 0.147 e. The molecular formula is C28H26O3. The molecule has 0 amide bonds. The molecule has 0 radical (unpaired) electrons. The van der Waals surface area contributed by atoms with Gasteiger partial charge in [0.15, 0.2) is 0 Å². The van der Waals surface area contributed by atoms with Crippen LogP contribution in [0.3, 0.4) is 0 Å². The Morgan fingerprint density at radius 3 is 2.00 bits per heavy atom.